The van der Waals surface area contributed by atoms with Crippen LogP contribution < -0.4 is 5.32 Å². The van der Waals surface area contributed by atoms with E-state index in [1.165, 1.54) is 0 Å². The maximum Gasteiger partial charge on any atom is 0.397 e. The van der Waals surface area contributed by atoms with Gasteiger partial charge in [-0.1, -0.05) is 0 Å². The average molecular weight is 317 g/mol. The standard InChI is InChI=1S/C8H15NO10S/c1-3(10)9-8(15)7(14)6(13)5(12)4(11)2-19-20(16,17)18/h4-7,11-14H,2H2,1H3,(H,9,10,15)(H,16,17,18)/t4-,5+,6+,7-/m1/s1. The molecular weight excluding hydrogens is 302 g/mol. The molecule has 0 aliphatic heterocycles. The molecule has 0 fully saturated rings. The van der Waals surface area contributed by atoms with E-state index >= 15 is 0 Å². The van der Waals surface area contributed by atoms with Gasteiger partial charge in [-0.3, -0.25) is 19.5 Å². The molecule has 0 spiro atoms. The summed E-state index contributed by atoms with van der Waals surface area (Å²) >= 11 is 0. The van der Waals surface area contributed by atoms with Crippen molar-refractivity contribution in [1.82, 2.24) is 5.32 Å². The summed E-state index contributed by atoms with van der Waals surface area (Å²) in [6.07, 6.45) is -8.69. The van der Waals surface area contributed by atoms with E-state index in [1.807, 2.05) is 0 Å². The second-order valence-electron chi connectivity index (χ2n) is 3.75. The molecule has 118 valence electrons. The van der Waals surface area contributed by atoms with E-state index in [0.717, 1.165) is 6.92 Å². The smallest absolute Gasteiger partial charge is 0.388 e. The first kappa shape index (κ1) is 18.9. The van der Waals surface area contributed by atoms with Crippen LogP contribution in [0.4, 0.5) is 0 Å². The molecule has 0 heterocycles. The van der Waals surface area contributed by atoms with Crippen LogP contribution in [-0.4, -0.2) is 76.2 Å². The molecule has 0 bridgehead atoms. The van der Waals surface area contributed by atoms with Crippen LogP contribution in [-0.2, 0) is 24.2 Å². The van der Waals surface area contributed by atoms with Gasteiger partial charge in [0.2, 0.25) is 5.91 Å². The van der Waals surface area contributed by atoms with Crippen molar-refractivity contribution in [3.05, 3.63) is 0 Å². The Labute approximate surface area is 113 Å². The summed E-state index contributed by atoms with van der Waals surface area (Å²) in [6.45, 7) is -0.166. The van der Waals surface area contributed by atoms with E-state index in [2.05, 4.69) is 4.18 Å². The number of hydrogen-bond acceptors (Lipinski definition) is 9. The Bertz CT molecular complexity index is 448. The van der Waals surface area contributed by atoms with E-state index in [1.54, 1.807) is 5.32 Å². The first-order chi connectivity index (χ1) is 8.95. The fourth-order valence-corrected chi connectivity index (χ4v) is 1.38. The van der Waals surface area contributed by atoms with Crippen LogP contribution in [0.25, 0.3) is 0 Å². The zero-order chi connectivity index (χ0) is 16.1. The molecule has 0 radical (unpaired) electrons. The SMILES string of the molecule is CC(=O)NC(=O)[C@H](O)[C@@H](O)[C@@H](O)[C@H](O)COS(=O)(=O)O. The quantitative estimate of drug-likeness (QED) is 0.252. The fraction of sp³-hybridized carbons (Fsp3) is 0.750. The number of amides is 2. The Morgan fingerprint density at radius 1 is 1.15 bits per heavy atom. The second-order valence-corrected chi connectivity index (χ2v) is 4.84. The third-order valence-electron chi connectivity index (χ3n) is 2.02. The van der Waals surface area contributed by atoms with Crippen molar-refractivity contribution in [2.75, 3.05) is 6.61 Å². The zero-order valence-corrected chi connectivity index (χ0v) is 11.0. The molecule has 0 saturated heterocycles. The van der Waals surface area contributed by atoms with Gasteiger partial charge in [-0.05, 0) is 0 Å². The van der Waals surface area contributed by atoms with E-state index < -0.39 is 53.2 Å². The monoisotopic (exact) mass is 317 g/mol. The number of nitrogens with one attached hydrogen (secondary N) is 1. The van der Waals surface area contributed by atoms with Gasteiger partial charge in [0.05, 0.1) is 6.61 Å². The first-order valence-corrected chi connectivity index (χ1v) is 6.47. The van der Waals surface area contributed by atoms with Crippen LogP contribution in [0.1, 0.15) is 6.92 Å². The lowest BCUT2D eigenvalue weighted by atomic mass is 10.0. The molecule has 2 amide bonds. The van der Waals surface area contributed by atoms with Crippen LogP contribution in [0.5, 0.6) is 0 Å². The Hall–Kier alpha value is -1.15. The number of carbonyl (C=O) groups excluding carboxylic acids is 2. The fourth-order valence-electron chi connectivity index (χ4n) is 1.07. The van der Waals surface area contributed by atoms with Gasteiger partial charge in [-0.15, -0.1) is 0 Å². The zero-order valence-electron chi connectivity index (χ0n) is 10.2. The summed E-state index contributed by atoms with van der Waals surface area (Å²) in [7, 11) is -4.87. The van der Waals surface area contributed by atoms with Gasteiger partial charge in [-0.2, -0.15) is 8.42 Å². The summed E-state index contributed by atoms with van der Waals surface area (Å²) < 4.78 is 32.4. The van der Waals surface area contributed by atoms with Crippen molar-refractivity contribution in [3.8, 4) is 0 Å². The molecule has 0 unspecified atom stereocenters. The lowest BCUT2D eigenvalue weighted by Gasteiger charge is -2.25. The largest absolute Gasteiger partial charge is 0.397 e. The molecule has 0 saturated carbocycles. The lowest BCUT2D eigenvalue weighted by molar-refractivity contribution is -0.150. The molecule has 0 aliphatic rings. The molecular formula is C8H15NO10S. The first-order valence-electron chi connectivity index (χ1n) is 5.11. The highest BCUT2D eigenvalue weighted by molar-refractivity contribution is 7.80. The summed E-state index contributed by atoms with van der Waals surface area (Å²) in [6, 6.07) is 0. The number of hydrogen-bond donors (Lipinski definition) is 6. The van der Waals surface area contributed by atoms with Crippen LogP contribution in [0.2, 0.25) is 0 Å². The Morgan fingerprint density at radius 2 is 1.65 bits per heavy atom. The van der Waals surface area contributed by atoms with Crippen LogP contribution >= 0.6 is 0 Å². The maximum atomic E-state index is 11.1. The molecule has 0 aromatic heterocycles. The second kappa shape index (κ2) is 7.58. The van der Waals surface area contributed by atoms with Gasteiger partial charge in [0.1, 0.15) is 18.3 Å². The lowest BCUT2D eigenvalue weighted by Crippen LogP contribution is -2.52. The minimum absolute atomic E-state index is 0.828. The summed E-state index contributed by atoms with van der Waals surface area (Å²) in [5.41, 5.74) is 0. The predicted octanol–water partition coefficient (Wildman–Crippen LogP) is -4.09. The van der Waals surface area contributed by atoms with Crippen molar-refractivity contribution in [2.24, 2.45) is 0 Å². The maximum absolute atomic E-state index is 11.1. The minimum atomic E-state index is -4.87. The molecule has 11 nitrogen and oxygen atoms in total. The van der Waals surface area contributed by atoms with Gasteiger partial charge in [-0.25, -0.2) is 4.18 Å². The van der Waals surface area contributed by atoms with E-state index in [-0.39, 0.29) is 0 Å². The van der Waals surface area contributed by atoms with Gasteiger partial charge < -0.3 is 20.4 Å². The molecule has 12 heteroatoms. The summed E-state index contributed by atoms with van der Waals surface area (Å²) in [4.78, 5) is 21.7. The number of aliphatic hydroxyl groups is 4. The summed E-state index contributed by atoms with van der Waals surface area (Å²) in [5.74, 6) is -2.15. The van der Waals surface area contributed by atoms with Crippen LogP contribution in [0.3, 0.4) is 0 Å². The van der Waals surface area contributed by atoms with Crippen LogP contribution in [0, 0.1) is 0 Å². The third kappa shape index (κ3) is 6.85. The molecule has 0 aliphatic carbocycles. The van der Waals surface area contributed by atoms with Gasteiger partial charge in [0.25, 0.3) is 5.91 Å². The van der Waals surface area contributed by atoms with Crippen molar-refractivity contribution in [1.29, 1.82) is 0 Å². The van der Waals surface area contributed by atoms with Gasteiger partial charge in [0.15, 0.2) is 6.10 Å². The molecule has 0 aromatic rings. The van der Waals surface area contributed by atoms with Crippen LogP contribution in [0.15, 0.2) is 0 Å². The number of aliphatic hydroxyl groups excluding tert-OH is 4. The molecule has 6 N–H and O–H groups in total. The van der Waals surface area contributed by atoms with E-state index in [9.17, 15) is 38.4 Å². The Kier molecular flexibility index (Phi) is 7.15. The molecule has 0 aromatic carbocycles. The number of carbonyl (C=O) groups is 2. The van der Waals surface area contributed by atoms with Crippen molar-refractivity contribution >= 4 is 22.2 Å². The third-order valence-corrected chi connectivity index (χ3v) is 2.46. The van der Waals surface area contributed by atoms with Crippen molar-refractivity contribution in [2.45, 2.75) is 31.3 Å². The van der Waals surface area contributed by atoms with Crippen molar-refractivity contribution in [3.63, 3.8) is 0 Å². The van der Waals surface area contributed by atoms with E-state index in [4.69, 9.17) is 4.55 Å². The van der Waals surface area contributed by atoms with Gasteiger partial charge >= 0.3 is 10.4 Å². The average Bonchev–Trinajstić information content (AvgIpc) is 2.31. The predicted molar refractivity (Wildman–Crippen MR) is 60.4 cm³/mol. The number of rotatable bonds is 7. The highest BCUT2D eigenvalue weighted by atomic mass is 32.3. The molecule has 0 rings (SSSR count). The molecule has 4 atom stereocenters. The molecule has 20 heavy (non-hydrogen) atoms. The normalized spacial score (nSPS) is 17.9. The minimum Gasteiger partial charge on any atom is -0.388 e. The highest BCUT2D eigenvalue weighted by Crippen LogP contribution is 2.07. The topological polar surface area (TPSA) is 191 Å². The van der Waals surface area contributed by atoms with E-state index in [0.29, 0.717) is 0 Å². The Morgan fingerprint density at radius 3 is 2.05 bits per heavy atom. The van der Waals surface area contributed by atoms with Crippen molar-refractivity contribution < 1.29 is 47.2 Å². The highest BCUT2D eigenvalue weighted by Gasteiger charge is 2.35. The summed E-state index contributed by atoms with van der Waals surface area (Å²) in [5, 5.41) is 38.9. The number of imide groups is 1. The van der Waals surface area contributed by atoms with Gasteiger partial charge in [0, 0.05) is 6.92 Å². The Balaban J connectivity index is 4.55.